The highest BCUT2D eigenvalue weighted by Crippen LogP contribution is 2.06. The van der Waals surface area contributed by atoms with E-state index in [0.29, 0.717) is 0 Å². The lowest BCUT2D eigenvalue weighted by Gasteiger charge is -2.22. The van der Waals surface area contributed by atoms with Gasteiger partial charge in [0, 0.05) is 6.42 Å². The standard InChI is InChI=1S/C10H17NO6/c1-3-17-9(14)6-11(2)7(10(15)16)4-5-8(12)13/h7H,3-6H2,1-2H3,(H,12,13)(H,15,16). The molecular weight excluding hydrogens is 230 g/mol. The first-order valence-corrected chi connectivity index (χ1v) is 5.19. The number of carbonyl (C=O) groups is 3. The molecule has 0 aromatic carbocycles. The molecule has 0 aliphatic carbocycles. The van der Waals surface area contributed by atoms with Crippen molar-refractivity contribution in [1.29, 1.82) is 0 Å². The van der Waals surface area contributed by atoms with E-state index in [9.17, 15) is 14.4 Å². The minimum absolute atomic E-state index is 0.0550. The number of carbonyl (C=O) groups excluding carboxylic acids is 1. The summed E-state index contributed by atoms with van der Waals surface area (Å²) in [5.41, 5.74) is 0. The Morgan fingerprint density at radius 1 is 1.29 bits per heavy atom. The minimum Gasteiger partial charge on any atom is -0.481 e. The first-order chi connectivity index (χ1) is 7.88. The van der Waals surface area contributed by atoms with Crippen LogP contribution in [0, 0.1) is 0 Å². The summed E-state index contributed by atoms with van der Waals surface area (Å²) in [6.07, 6.45) is -0.315. The average molecular weight is 247 g/mol. The van der Waals surface area contributed by atoms with Crippen molar-refractivity contribution < 1.29 is 29.3 Å². The van der Waals surface area contributed by atoms with Crippen LogP contribution in [0.1, 0.15) is 19.8 Å². The zero-order valence-corrected chi connectivity index (χ0v) is 9.88. The van der Waals surface area contributed by atoms with E-state index < -0.39 is 23.9 Å². The van der Waals surface area contributed by atoms with Crippen LogP contribution in [0.3, 0.4) is 0 Å². The van der Waals surface area contributed by atoms with Crippen LogP contribution in [0.25, 0.3) is 0 Å². The Kier molecular flexibility index (Phi) is 6.88. The number of aliphatic carboxylic acids is 2. The van der Waals surface area contributed by atoms with Crippen LogP contribution in [0.4, 0.5) is 0 Å². The van der Waals surface area contributed by atoms with Crippen LogP contribution in [0.15, 0.2) is 0 Å². The first kappa shape index (κ1) is 15.4. The predicted octanol–water partition coefficient (Wildman–Crippen LogP) is -0.201. The van der Waals surface area contributed by atoms with Crippen molar-refractivity contribution >= 4 is 17.9 Å². The average Bonchev–Trinajstić information content (AvgIpc) is 2.16. The number of rotatable bonds is 8. The molecule has 98 valence electrons. The maximum atomic E-state index is 11.1. The number of hydrogen-bond acceptors (Lipinski definition) is 5. The maximum Gasteiger partial charge on any atom is 0.320 e. The molecule has 0 radical (unpaired) electrons. The molecule has 0 saturated carbocycles. The summed E-state index contributed by atoms with van der Waals surface area (Å²) in [6, 6.07) is -1.00. The highest BCUT2D eigenvalue weighted by molar-refractivity contribution is 5.77. The van der Waals surface area contributed by atoms with E-state index >= 15 is 0 Å². The van der Waals surface area contributed by atoms with Crippen LogP contribution in [-0.2, 0) is 19.1 Å². The van der Waals surface area contributed by atoms with Gasteiger partial charge in [0.15, 0.2) is 0 Å². The monoisotopic (exact) mass is 247 g/mol. The summed E-state index contributed by atoms with van der Waals surface area (Å²) < 4.78 is 4.68. The van der Waals surface area contributed by atoms with E-state index in [1.165, 1.54) is 11.9 Å². The first-order valence-electron chi connectivity index (χ1n) is 5.19. The maximum absolute atomic E-state index is 11.1. The molecule has 17 heavy (non-hydrogen) atoms. The van der Waals surface area contributed by atoms with Gasteiger partial charge < -0.3 is 14.9 Å². The smallest absolute Gasteiger partial charge is 0.320 e. The zero-order valence-electron chi connectivity index (χ0n) is 9.88. The van der Waals surface area contributed by atoms with Gasteiger partial charge in [0.1, 0.15) is 6.04 Å². The quantitative estimate of drug-likeness (QED) is 0.572. The van der Waals surface area contributed by atoms with Crippen LogP contribution in [0.2, 0.25) is 0 Å². The molecule has 0 aliphatic rings. The summed E-state index contributed by atoms with van der Waals surface area (Å²) in [6.45, 7) is 1.70. The second kappa shape index (κ2) is 7.61. The molecule has 1 atom stereocenters. The predicted molar refractivity (Wildman–Crippen MR) is 57.6 cm³/mol. The Morgan fingerprint density at radius 3 is 2.29 bits per heavy atom. The van der Waals surface area contributed by atoms with E-state index in [2.05, 4.69) is 4.74 Å². The van der Waals surface area contributed by atoms with Crippen molar-refractivity contribution in [3.8, 4) is 0 Å². The van der Waals surface area contributed by atoms with Crippen molar-refractivity contribution in [1.82, 2.24) is 4.90 Å². The Bertz CT molecular complexity index is 291. The van der Waals surface area contributed by atoms with Crippen molar-refractivity contribution in [3.63, 3.8) is 0 Å². The van der Waals surface area contributed by atoms with E-state index in [0.717, 1.165) is 0 Å². The van der Waals surface area contributed by atoms with E-state index in [1.807, 2.05) is 0 Å². The van der Waals surface area contributed by atoms with Crippen LogP contribution in [0.5, 0.6) is 0 Å². The number of carboxylic acids is 2. The van der Waals surface area contributed by atoms with Crippen molar-refractivity contribution in [2.24, 2.45) is 0 Å². The van der Waals surface area contributed by atoms with Gasteiger partial charge in [-0.2, -0.15) is 0 Å². The number of hydrogen-bond donors (Lipinski definition) is 2. The van der Waals surface area contributed by atoms with Crippen LogP contribution >= 0.6 is 0 Å². The number of ether oxygens (including phenoxy) is 1. The number of esters is 1. The molecule has 7 heteroatoms. The fraction of sp³-hybridized carbons (Fsp3) is 0.700. The molecule has 0 bridgehead atoms. The summed E-state index contributed by atoms with van der Waals surface area (Å²) in [7, 11) is 1.44. The van der Waals surface area contributed by atoms with E-state index in [1.54, 1.807) is 6.92 Å². The number of nitrogens with zero attached hydrogens (tertiary/aromatic N) is 1. The van der Waals surface area contributed by atoms with Gasteiger partial charge in [-0.05, 0) is 20.4 Å². The van der Waals surface area contributed by atoms with Crippen molar-refractivity contribution in [3.05, 3.63) is 0 Å². The molecule has 0 amide bonds. The van der Waals surface area contributed by atoms with Crippen molar-refractivity contribution in [2.45, 2.75) is 25.8 Å². The molecule has 0 fully saturated rings. The van der Waals surface area contributed by atoms with E-state index in [-0.39, 0.29) is 26.0 Å². The highest BCUT2D eigenvalue weighted by Gasteiger charge is 2.25. The molecule has 0 aromatic rings. The topological polar surface area (TPSA) is 104 Å². The van der Waals surface area contributed by atoms with Gasteiger partial charge in [-0.25, -0.2) is 0 Å². The fourth-order valence-electron chi connectivity index (χ4n) is 1.31. The normalized spacial score (nSPS) is 12.2. The lowest BCUT2D eigenvalue weighted by Crippen LogP contribution is -2.42. The second-order valence-electron chi connectivity index (χ2n) is 3.51. The SMILES string of the molecule is CCOC(=O)CN(C)C(CCC(=O)O)C(=O)O. The molecule has 0 aliphatic heterocycles. The summed E-state index contributed by atoms with van der Waals surface area (Å²) >= 11 is 0. The third kappa shape index (κ3) is 6.52. The molecule has 0 heterocycles. The molecule has 0 spiro atoms. The minimum atomic E-state index is -1.15. The van der Waals surface area contributed by atoms with Gasteiger partial charge in [0.05, 0.1) is 13.2 Å². The number of likely N-dealkylation sites (N-methyl/N-ethyl adjacent to an activating group) is 1. The Labute approximate surface area is 99.0 Å². The molecular formula is C10H17NO6. The molecule has 7 nitrogen and oxygen atoms in total. The third-order valence-electron chi connectivity index (χ3n) is 2.13. The molecule has 0 saturated heterocycles. The van der Waals surface area contributed by atoms with Crippen LogP contribution in [-0.4, -0.2) is 59.3 Å². The zero-order chi connectivity index (χ0) is 13.4. The van der Waals surface area contributed by atoms with Gasteiger partial charge in [0.2, 0.25) is 0 Å². The lowest BCUT2D eigenvalue weighted by molar-refractivity contribution is -0.148. The fourth-order valence-corrected chi connectivity index (χ4v) is 1.31. The van der Waals surface area contributed by atoms with Crippen molar-refractivity contribution in [2.75, 3.05) is 20.2 Å². The molecule has 0 aromatic heterocycles. The van der Waals surface area contributed by atoms with Gasteiger partial charge in [-0.15, -0.1) is 0 Å². The van der Waals surface area contributed by atoms with E-state index in [4.69, 9.17) is 10.2 Å². The summed E-state index contributed by atoms with van der Waals surface area (Å²) in [5.74, 6) is -2.75. The molecule has 0 rings (SSSR count). The Balaban J connectivity index is 4.33. The summed E-state index contributed by atoms with van der Waals surface area (Å²) in [5, 5.41) is 17.4. The Morgan fingerprint density at radius 2 is 1.88 bits per heavy atom. The van der Waals surface area contributed by atoms with Gasteiger partial charge >= 0.3 is 17.9 Å². The molecule has 1 unspecified atom stereocenters. The van der Waals surface area contributed by atoms with Gasteiger partial charge in [0.25, 0.3) is 0 Å². The lowest BCUT2D eigenvalue weighted by atomic mass is 10.1. The summed E-state index contributed by atoms with van der Waals surface area (Å²) in [4.78, 5) is 33.7. The largest absolute Gasteiger partial charge is 0.481 e. The van der Waals surface area contributed by atoms with Gasteiger partial charge in [-0.3, -0.25) is 19.3 Å². The second-order valence-corrected chi connectivity index (χ2v) is 3.51. The Hall–Kier alpha value is -1.63. The molecule has 2 N–H and O–H groups in total. The van der Waals surface area contributed by atoms with Crippen LogP contribution < -0.4 is 0 Å². The highest BCUT2D eigenvalue weighted by atomic mass is 16.5. The number of carboxylic acid groups (broad SMARTS) is 2. The third-order valence-corrected chi connectivity index (χ3v) is 2.13. The van der Waals surface area contributed by atoms with Gasteiger partial charge in [-0.1, -0.05) is 0 Å².